The molecule has 0 fully saturated rings. The highest BCUT2D eigenvalue weighted by Gasteiger charge is 2.19. The summed E-state index contributed by atoms with van der Waals surface area (Å²) < 4.78 is 32.3. The highest BCUT2D eigenvalue weighted by atomic mass is 35.5. The number of benzene rings is 1. The number of halogens is 1. The minimum atomic E-state index is -3.35. The van der Waals surface area contributed by atoms with Gasteiger partial charge in [0.1, 0.15) is 5.82 Å². The number of methoxy groups -OCH3 is 1. The van der Waals surface area contributed by atoms with Crippen molar-refractivity contribution in [3.63, 3.8) is 0 Å². The van der Waals surface area contributed by atoms with Crippen molar-refractivity contribution in [1.29, 1.82) is 0 Å². The predicted molar refractivity (Wildman–Crippen MR) is 92.6 cm³/mol. The molecule has 2 aromatic rings. The van der Waals surface area contributed by atoms with Gasteiger partial charge in [-0.2, -0.15) is 5.10 Å². The molecule has 0 spiro atoms. The molecule has 0 radical (unpaired) electrons. The first-order valence-corrected chi connectivity index (χ1v) is 9.69. The normalized spacial score (nSPS) is 13.2. The van der Waals surface area contributed by atoms with Gasteiger partial charge in [-0.05, 0) is 24.6 Å². The molecule has 132 valence electrons. The molecule has 0 amide bonds. The van der Waals surface area contributed by atoms with Crippen molar-refractivity contribution < 1.29 is 13.2 Å². The van der Waals surface area contributed by atoms with Crippen LogP contribution in [-0.4, -0.2) is 43.2 Å². The summed E-state index contributed by atoms with van der Waals surface area (Å²) in [5.41, 5.74) is 0.996. The van der Waals surface area contributed by atoms with E-state index in [0.717, 1.165) is 11.8 Å². The van der Waals surface area contributed by atoms with Crippen molar-refractivity contribution in [2.75, 3.05) is 20.0 Å². The molecule has 2 rings (SSSR count). The summed E-state index contributed by atoms with van der Waals surface area (Å²) in [4.78, 5) is 4.46. The standard InChI is InChI=1S/C15H21ClN4O3S/c1-11(19-24(3,21)22)15-17-14(8-9-23-2)18-20(15)10-12-4-6-13(16)7-5-12/h4-7,11,19H,8-10H2,1-3H3/t11-/m1/s1. The second-order valence-corrected chi connectivity index (χ2v) is 7.74. The topological polar surface area (TPSA) is 86.1 Å². The highest BCUT2D eigenvalue weighted by molar-refractivity contribution is 7.88. The average molecular weight is 373 g/mol. The number of nitrogens with zero attached hydrogens (tertiary/aromatic N) is 3. The van der Waals surface area contributed by atoms with E-state index in [2.05, 4.69) is 14.8 Å². The smallest absolute Gasteiger partial charge is 0.209 e. The average Bonchev–Trinajstić information content (AvgIpc) is 2.89. The lowest BCUT2D eigenvalue weighted by molar-refractivity contribution is 0.200. The van der Waals surface area contributed by atoms with Crippen molar-refractivity contribution in [2.24, 2.45) is 0 Å². The summed E-state index contributed by atoms with van der Waals surface area (Å²) in [5, 5.41) is 5.13. The molecule has 1 atom stereocenters. The summed E-state index contributed by atoms with van der Waals surface area (Å²) in [6.07, 6.45) is 1.68. The molecular formula is C15H21ClN4O3S. The maximum atomic E-state index is 11.5. The van der Waals surface area contributed by atoms with Crippen LogP contribution in [0.1, 0.15) is 30.2 Å². The van der Waals surface area contributed by atoms with Crippen molar-refractivity contribution in [3.05, 3.63) is 46.5 Å². The fourth-order valence-corrected chi connectivity index (χ4v) is 3.15. The van der Waals surface area contributed by atoms with Gasteiger partial charge >= 0.3 is 0 Å². The van der Waals surface area contributed by atoms with E-state index in [4.69, 9.17) is 16.3 Å². The van der Waals surface area contributed by atoms with Gasteiger partial charge in [0.15, 0.2) is 5.82 Å². The predicted octanol–water partition coefficient (Wildman–Crippen LogP) is 1.78. The maximum Gasteiger partial charge on any atom is 0.209 e. The van der Waals surface area contributed by atoms with Gasteiger partial charge in [0.25, 0.3) is 0 Å². The summed E-state index contributed by atoms with van der Waals surface area (Å²) in [6.45, 7) is 2.71. The number of ether oxygens (including phenoxy) is 1. The van der Waals surface area contributed by atoms with Crippen LogP contribution in [0, 0.1) is 0 Å². The number of rotatable bonds is 8. The Morgan fingerprint density at radius 2 is 2.00 bits per heavy atom. The number of nitrogens with one attached hydrogen (secondary N) is 1. The van der Waals surface area contributed by atoms with Crippen molar-refractivity contribution in [3.8, 4) is 0 Å². The molecule has 0 saturated carbocycles. The minimum absolute atomic E-state index is 0.474. The summed E-state index contributed by atoms with van der Waals surface area (Å²) in [5.74, 6) is 1.17. The van der Waals surface area contributed by atoms with Crippen LogP contribution in [0.2, 0.25) is 5.02 Å². The molecule has 0 bridgehead atoms. The van der Waals surface area contributed by atoms with Gasteiger partial charge in [-0.15, -0.1) is 0 Å². The van der Waals surface area contributed by atoms with E-state index < -0.39 is 16.1 Å². The van der Waals surface area contributed by atoms with Crippen LogP contribution in [0.25, 0.3) is 0 Å². The van der Waals surface area contributed by atoms with Crippen LogP contribution < -0.4 is 4.72 Å². The highest BCUT2D eigenvalue weighted by Crippen LogP contribution is 2.15. The number of hydrogen-bond donors (Lipinski definition) is 1. The van der Waals surface area contributed by atoms with Crippen LogP contribution in [0.5, 0.6) is 0 Å². The lowest BCUT2D eigenvalue weighted by Crippen LogP contribution is -2.28. The molecule has 0 aliphatic heterocycles. The third-order valence-corrected chi connectivity index (χ3v) is 4.33. The van der Waals surface area contributed by atoms with Crippen molar-refractivity contribution in [2.45, 2.75) is 25.9 Å². The van der Waals surface area contributed by atoms with Crippen molar-refractivity contribution >= 4 is 21.6 Å². The quantitative estimate of drug-likeness (QED) is 0.763. The largest absolute Gasteiger partial charge is 0.384 e. The monoisotopic (exact) mass is 372 g/mol. The third-order valence-electron chi connectivity index (χ3n) is 3.30. The summed E-state index contributed by atoms with van der Waals surface area (Å²) in [7, 11) is -1.74. The van der Waals surface area contributed by atoms with Gasteiger partial charge < -0.3 is 4.74 Å². The second-order valence-electron chi connectivity index (χ2n) is 5.52. The Bertz CT molecular complexity index is 775. The zero-order chi connectivity index (χ0) is 17.7. The summed E-state index contributed by atoms with van der Waals surface area (Å²) in [6, 6.07) is 6.92. The molecule has 9 heteroatoms. The Kier molecular flexibility index (Phi) is 6.34. The Hall–Kier alpha value is -1.48. The first-order valence-electron chi connectivity index (χ1n) is 7.43. The van der Waals surface area contributed by atoms with E-state index in [1.807, 2.05) is 12.1 Å². The van der Waals surface area contributed by atoms with E-state index >= 15 is 0 Å². The molecular weight excluding hydrogens is 352 g/mol. The maximum absolute atomic E-state index is 11.5. The molecule has 0 unspecified atom stereocenters. The van der Waals surface area contributed by atoms with Gasteiger partial charge in [-0.25, -0.2) is 22.8 Å². The first-order chi connectivity index (χ1) is 11.3. The van der Waals surface area contributed by atoms with Crippen LogP contribution in [0.15, 0.2) is 24.3 Å². The molecule has 1 aromatic heterocycles. The molecule has 0 aliphatic rings. The molecule has 1 aromatic carbocycles. The van der Waals surface area contributed by atoms with E-state index in [-0.39, 0.29) is 0 Å². The van der Waals surface area contributed by atoms with Crippen LogP contribution in [0.4, 0.5) is 0 Å². The second kappa shape index (κ2) is 8.06. The van der Waals surface area contributed by atoms with Gasteiger partial charge in [0, 0.05) is 18.6 Å². The minimum Gasteiger partial charge on any atom is -0.384 e. The Morgan fingerprint density at radius 3 is 2.58 bits per heavy atom. The molecule has 7 nitrogen and oxygen atoms in total. The fourth-order valence-electron chi connectivity index (χ4n) is 2.28. The fraction of sp³-hybridized carbons (Fsp3) is 0.467. The zero-order valence-electron chi connectivity index (χ0n) is 13.9. The van der Waals surface area contributed by atoms with E-state index in [9.17, 15) is 8.42 Å². The molecule has 1 N–H and O–H groups in total. The summed E-state index contributed by atoms with van der Waals surface area (Å²) >= 11 is 5.90. The molecule has 0 aliphatic carbocycles. The third kappa shape index (κ3) is 5.55. The van der Waals surface area contributed by atoms with Gasteiger partial charge in [-0.1, -0.05) is 23.7 Å². The van der Waals surface area contributed by atoms with Gasteiger partial charge in [0.2, 0.25) is 10.0 Å². The zero-order valence-corrected chi connectivity index (χ0v) is 15.4. The number of sulfonamides is 1. The van der Waals surface area contributed by atoms with Crippen LogP contribution >= 0.6 is 11.6 Å². The SMILES string of the molecule is COCCc1nc([C@@H](C)NS(C)(=O)=O)n(Cc2ccc(Cl)cc2)n1. The Morgan fingerprint density at radius 1 is 1.33 bits per heavy atom. The lowest BCUT2D eigenvalue weighted by Gasteiger charge is -2.13. The van der Waals surface area contributed by atoms with E-state index in [1.54, 1.807) is 30.8 Å². The molecule has 1 heterocycles. The van der Waals surface area contributed by atoms with Crippen LogP contribution in [-0.2, 0) is 27.7 Å². The number of aromatic nitrogens is 3. The number of hydrogen-bond acceptors (Lipinski definition) is 5. The Balaban J connectivity index is 2.28. The lowest BCUT2D eigenvalue weighted by atomic mass is 10.2. The molecule has 24 heavy (non-hydrogen) atoms. The first kappa shape index (κ1) is 18.9. The van der Waals surface area contributed by atoms with Crippen molar-refractivity contribution in [1.82, 2.24) is 19.5 Å². The van der Waals surface area contributed by atoms with E-state index in [1.165, 1.54) is 0 Å². The molecule has 0 saturated heterocycles. The van der Waals surface area contributed by atoms with Gasteiger partial charge in [0.05, 0.1) is 25.4 Å². The Labute approximate surface area is 147 Å². The van der Waals surface area contributed by atoms with Gasteiger partial charge in [-0.3, -0.25) is 0 Å². The van der Waals surface area contributed by atoms with E-state index in [0.29, 0.717) is 36.2 Å². The van der Waals surface area contributed by atoms with Crippen LogP contribution in [0.3, 0.4) is 0 Å².